The maximum Gasteiger partial charge on any atom is 0.305 e. The SMILES string of the molecule is Cc1ccc(-c2nnnn2CCC(=O)O)c(C)c1. The van der Waals surface area contributed by atoms with E-state index in [1.165, 1.54) is 10.2 Å². The molecule has 0 saturated carbocycles. The molecule has 6 heteroatoms. The van der Waals surface area contributed by atoms with Crippen molar-refractivity contribution in [1.82, 2.24) is 20.2 Å². The molecule has 0 aliphatic heterocycles. The summed E-state index contributed by atoms with van der Waals surface area (Å²) in [4.78, 5) is 10.6. The summed E-state index contributed by atoms with van der Waals surface area (Å²) in [5, 5.41) is 20.1. The molecule has 94 valence electrons. The average molecular weight is 246 g/mol. The number of nitrogens with zero attached hydrogens (tertiary/aromatic N) is 4. The Balaban J connectivity index is 2.33. The first-order chi connectivity index (χ1) is 8.58. The second-order valence-electron chi connectivity index (χ2n) is 4.19. The van der Waals surface area contributed by atoms with Crippen molar-refractivity contribution in [2.24, 2.45) is 0 Å². The number of rotatable bonds is 4. The molecule has 0 radical (unpaired) electrons. The topological polar surface area (TPSA) is 80.9 Å². The molecule has 0 spiro atoms. The monoisotopic (exact) mass is 246 g/mol. The maximum absolute atomic E-state index is 10.6. The molecule has 0 aliphatic carbocycles. The van der Waals surface area contributed by atoms with Gasteiger partial charge in [-0.3, -0.25) is 4.79 Å². The van der Waals surface area contributed by atoms with Crippen molar-refractivity contribution in [1.29, 1.82) is 0 Å². The summed E-state index contributed by atoms with van der Waals surface area (Å²) < 4.78 is 1.52. The minimum absolute atomic E-state index is 0.00293. The van der Waals surface area contributed by atoms with Crippen molar-refractivity contribution in [3.05, 3.63) is 29.3 Å². The zero-order chi connectivity index (χ0) is 13.1. The first-order valence-electron chi connectivity index (χ1n) is 5.63. The number of hydrogen-bond acceptors (Lipinski definition) is 4. The van der Waals surface area contributed by atoms with Gasteiger partial charge in [-0.1, -0.05) is 23.8 Å². The number of benzene rings is 1. The predicted octanol–water partition coefficient (Wildman–Crippen LogP) is 1.43. The summed E-state index contributed by atoms with van der Waals surface area (Å²) in [6, 6.07) is 5.98. The first kappa shape index (κ1) is 12.2. The van der Waals surface area contributed by atoms with Gasteiger partial charge in [0, 0.05) is 5.56 Å². The number of aromatic nitrogens is 4. The van der Waals surface area contributed by atoms with Crippen molar-refractivity contribution >= 4 is 5.97 Å². The minimum Gasteiger partial charge on any atom is -0.481 e. The summed E-state index contributed by atoms with van der Waals surface area (Å²) >= 11 is 0. The molecule has 0 fully saturated rings. The Morgan fingerprint density at radius 3 is 2.83 bits per heavy atom. The fourth-order valence-corrected chi connectivity index (χ4v) is 1.81. The fraction of sp³-hybridized carbons (Fsp3) is 0.333. The molecule has 0 saturated heterocycles. The van der Waals surface area contributed by atoms with E-state index in [4.69, 9.17) is 5.11 Å². The van der Waals surface area contributed by atoms with E-state index in [-0.39, 0.29) is 13.0 Å². The molecular formula is C12H14N4O2. The summed E-state index contributed by atoms with van der Waals surface area (Å²) in [6.07, 6.45) is 0.00293. The minimum atomic E-state index is -0.864. The average Bonchev–Trinajstić information content (AvgIpc) is 2.74. The van der Waals surface area contributed by atoms with Crippen LogP contribution in [0.1, 0.15) is 17.5 Å². The highest BCUT2D eigenvalue weighted by Crippen LogP contribution is 2.21. The van der Waals surface area contributed by atoms with Crippen LogP contribution in [0.5, 0.6) is 0 Å². The zero-order valence-electron chi connectivity index (χ0n) is 10.3. The van der Waals surface area contributed by atoms with Crippen LogP contribution >= 0.6 is 0 Å². The number of hydrogen-bond donors (Lipinski definition) is 1. The van der Waals surface area contributed by atoms with Crippen LogP contribution in [-0.2, 0) is 11.3 Å². The Morgan fingerprint density at radius 1 is 1.39 bits per heavy atom. The molecule has 1 aromatic heterocycles. The van der Waals surface area contributed by atoms with Crippen LogP contribution in [0, 0.1) is 13.8 Å². The molecule has 0 aliphatic rings. The lowest BCUT2D eigenvalue weighted by atomic mass is 10.1. The zero-order valence-corrected chi connectivity index (χ0v) is 10.3. The second kappa shape index (κ2) is 4.95. The smallest absolute Gasteiger partial charge is 0.305 e. The first-order valence-corrected chi connectivity index (χ1v) is 5.63. The van der Waals surface area contributed by atoms with Gasteiger partial charge in [-0.25, -0.2) is 4.68 Å². The van der Waals surface area contributed by atoms with Gasteiger partial charge in [0.2, 0.25) is 0 Å². The third-order valence-corrected chi connectivity index (χ3v) is 2.69. The van der Waals surface area contributed by atoms with E-state index in [9.17, 15) is 4.79 Å². The summed E-state index contributed by atoms with van der Waals surface area (Å²) in [6.45, 7) is 4.27. The summed E-state index contributed by atoms with van der Waals surface area (Å²) in [5.74, 6) is -0.258. The standard InChI is InChI=1S/C12H14N4O2/c1-8-3-4-10(9(2)7-8)12-13-14-15-16(12)6-5-11(17)18/h3-4,7H,5-6H2,1-2H3,(H,17,18). The van der Waals surface area contributed by atoms with Crippen molar-refractivity contribution in [3.8, 4) is 11.4 Å². The van der Waals surface area contributed by atoms with Crippen LogP contribution in [0.2, 0.25) is 0 Å². The van der Waals surface area contributed by atoms with Gasteiger partial charge in [-0.15, -0.1) is 5.10 Å². The Morgan fingerprint density at radius 2 is 2.17 bits per heavy atom. The van der Waals surface area contributed by atoms with Crippen LogP contribution in [0.3, 0.4) is 0 Å². The van der Waals surface area contributed by atoms with Crippen LogP contribution in [0.4, 0.5) is 0 Å². The Hall–Kier alpha value is -2.24. The van der Waals surface area contributed by atoms with Crippen molar-refractivity contribution < 1.29 is 9.90 Å². The molecule has 6 nitrogen and oxygen atoms in total. The van der Waals surface area contributed by atoms with E-state index in [1.54, 1.807) is 0 Å². The molecule has 1 N–H and O–H groups in total. The van der Waals surface area contributed by atoms with Crippen LogP contribution in [-0.4, -0.2) is 31.3 Å². The quantitative estimate of drug-likeness (QED) is 0.882. The molecular weight excluding hydrogens is 232 g/mol. The van der Waals surface area contributed by atoms with Gasteiger partial charge in [0.25, 0.3) is 0 Å². The van der Waals surface area contributed by atoms with E-state index in [0.29, 0.717) is 5.82 Å². The van der Waals surface area contributed by atoms with Gasteiger partial charge in [0.05, 0.1) is 13.0 Å². The molecule has 1 aromatic carbocycles. The largest absolute Gasteiger partial charge is 0.481 e. The molecule has 1 heterocycles. The molecule has 0 bridgehead atoms. The van der Waals surface area contributed by atoms with E-state index >= 15 is 0 Å². The number of carboxylic acid groups (broad SMARTS) is 1. The van der Waals surface area contributed by atoms with E-state index in [2.05, 4.69) is 15.5 Å². The molecule has 0 unspecified atom stereocenters. The second-order valence-corrected chi connectivity index (χ2v) is 4.19. The molecule has 0 atom stereocenters. The lowest BCUT2D eigenvalue weighted by Gasteiger charge is -2.06. The Bertz CT molecular complexity index is 577. The van der Waals surface area contributed by atoms with Gasteiger partial charge in [0.1, 0.15) is 0 Å². The third kappa shape index (κ3) is 2.53. The van der Waals surface area contributed by atoms with Crippen LogP contribution < -0.4 is 0 Å². The molecule has 2 rings (SSSR count). The van der Waals surface area contributed by atoms with Crippen molar-refractivity contribution in [2.75, 3.05) is 0 Å². The van der Waals surface area contributed by atoms with Gasteiger partial charge in [-0.05, 0) is 29.8 Å². The number of carboxylic acids is 1. The third-order valence-electron chi connectivity index (χ3n) is 2.69. The molecule has 0 amide bonds. The van der Waals surface area contributed by atoms with Crippen molar-refractivity contribution in [2.45, 2.75) is 26.8 Å². The van der Waals surface area contributed by atoms with Gasteiger partial charge in [0.15, 0.2) is 5.82 Å². The van der Waals surface area contributed by atoms with Gasteiger partial charge < -0.3 is 5.11 Å². The highest BCUT2D eigenvalue weighted by molar-refractivity contribution is 5.66. The lowest BCUT2D eigenvalue weighted by Crippen LogP contribution is -2.08. The number of carbonyl (C=O) groups is 1. The maximum atomic E-state index is 10.6. The Kier molecular flexibility index (Phi) is 3.36. The van der Waals surface area contributed by atoms with Crippen LogP contribution in [0.25, 0.3) is 11.4 Å². The highest BCUT2D eigenvalue weighted by atomic mass is 16.4. The number of aliphatic carboxylic acids is 1. The number of tetrazole rings is 1. The van der Waals surface area contributed by atoms with E-state index < -0.39 is 5.97 Å². The predicted molar refractivity (Wildman–Crippen MR) is 65.0 cm³/mol. The Labute approximate surface area is 104 Å². The van der Waals surface area contributed by atoms with Gasteiger partial charge in [-0.2, -0.15) is 0 Å². The lowest BCUT2D eigenvalue weighted by molar-refractivity contribution is -0.137. The van der Waals surface area contributed by atoms with Crippen LogP contribution in [0.15, 0.2) is 18.2 Å². The molecule has 2 aromatic rings. The summed E-state index contributed by atoms with van der Waals surface area (Å²) in [7, 11) is 0. The molecule has 18 heavy (non-hydrogen) atoms. The fourth-order valence-electron chi connectivity index (χ4n) is 1.81. The van der Waals surface area contributed by atoms with E-state index in [1.807, 2.05) is 32.0 Å². The number of aryl methyl sites for hydroxylation is 3. The normalized spacial score (nSPS) is 10.6. The van der Waals surface area contributed by atoms with E-state index in [0.717, 1.165) is 11.1 Å². The van der Waals surface area contributed by atoms with Gasteiger partial charge >= 0.3 is 5.97 Å². The summed E-state index contributed by atoms with van der Waals surface area (Å²) in [5.41, 5.74) is 3.16. The highest BCUT2D eigenvalue weighted by Gasteiger charge is 2.12. The van der Waals surface area contributed by atoms with Crippen molar-refractivity contribution in [3.63, 3.8) is 0 Å².